The Balaban J connectivity index is 1.73. The number of nitrogens with zero attached hydrogens (tertiary/aromatic N) is 2. The van der Waals surface area contributed by atoms with Crippen LogP contribution in [0.1, 0.15) is 24.2 Å². The van der Waals surface area contributed by atoms with E-state index in [1.165, 1.54) is 0 Å². The number of hydrogen-bond acceptors (Lipinski definition) is 4. The van der Waals surface area contributed by atoms with Crippen LogP contribution in [-0.4, -0.2) is 29.0 Å². The minimum absolute atomic E-state index is 0.179. The van der Waals surface area contributed by atoms with Crippen molar-refractivity contribution >= 4 is 11.7 Å². The van der Waals surface area contributed by atoms with E-state index in [9.17, 15) is 4.79 Å². The number of hydrogen-bond donors (Lipinski definition) is 2. The van der Waals surface area contributed by atoms with Gasteiger partial charge in [-0.05, 0) is 26.7 Å². The van der Waals surface area contributed by atoms with Gasteiger partial charge in [0.15, 0.2) is 0 Å². The SMILES string of the molecule is Cc1cnc(C)c(NCCNC(=O)C2CC2)n1. The maximum Gasteiger partial charge on any atom is 0.223 e. The van der Waals surface area contributed by atoms with Crippen molar-refractivity contribution < 1.29 is 4.79 Å². The Labute approximate surface area is 101 Å². The molecule has 2 N–H and O–H groups in total. The van der Waals surface area contributed by atoms with Gasteiger partial charge in [-0.1, -0.05) is 0 Å². The lowest BCUT2D eigenvalue weighted by molar-refractivity contribution is -0.122. The summed E-state index contributed by atoms with van der Waals surface area (Å²) < 4.78 is 0. The Bertz CT molecular complexity index is 415. The van der Waals surface area contributed by atoms with Crippen LogP contribution in [0, 0.1) is 19.8 Å². The maximum absolute atomic E-state index is 11.4. The summed E-state index contributed by atoms with van der Waals surface area (Å²) in [6.45, 7) is 5.13. The van der Waals surface area contributed by atoms with Crippen molar-refractivity contribution in [2.24, 2.45) is 5.92 Å². The molecule has 1 aliphatic rings. The van der Waals surface area contributed by atoms with Gasteiger partial charge < -0.3 is 10.6 Å². The molecule has 0 radical (unpaired) electrons. The molecule has 5 heteroatoms. The molecular formula is C12H18N4O. The van der Waals surface area contributed by atoms with Gasteiger partial charge in [0.1, 0.15) is 5.82 Å². The molecule has 0 atom stereocenters. The van der Waals surface area contributed by atoms with Crippen molar-refractivity contribution in [3.05, 3.63) is 17.6 Å². The Hall–Kier alpha value is -1.65. The molecule has 92 valence electrons. The van der Waals surface area contributed by atoms with E-state index in [1.54, 1.807) is 6.20 Å². The molecule has 0 saturated heterocycles. The molecule has 1 aliphatic carbocycles. The lowest BCUT2D eigenvalue weighted by Crippen LogP contribution is -2.30. The van der Waals surface area contributed by atoms with Crippen LogP contribution >= 0.6 is 0 Å². The lowest BCUT2D eigenvalue weighted by Gasteiger charge is -2.09. The Morgan fingerprint density at radius 3 is 2.88 bits per heavy atom. The molecule has 1 saturated carbocycles. The molecule has 1 amide bonds. The number of carbonyl (C=O) groups excluding carboxylic acids is 1. The fraction of sp³-hybridized carbons (Fsp3) is 0.583. The first-order valence-corrected chi connectivity index (χ1v) is 5.98. The summed E-state index contributed by atoms with van der Waals surface area (Å²) >= 11 is 0. The van der Waals surface area contributed by atoms with Gasteiger partial charge in [0.2, 0.25) is 5.91 Å². The Morgan fingerprint density at radius 2 is 2.18 bits per heavy atom. The van der Waals surface area contributed by atoms with Crippen molar-refractivity contribution in [1.29, 1.82) is 0 Å². The molecule has 0 aromatic carbocycles. The summed E-state index contributed by atoms with van der Waals surface area (Å²) in [7, 11) is 0. The monoisotopic (exact) mass is 234 g/mol. The van der Waals surface area contributed by atoms with Gasteiger partial charge >= 0.3 is 0 Å². The smallest absolute Gasteiger partial charge is 0.223 e. The maximum atomic E-state index is 11.4. The third-order valence-corrected chi connectivity index (χ3v) is 2.74. The number of nitrogens with one attached hydrogen (secondary N) is 2. The molecule has 17 heavy (non-hydrogen) atoms. The third kappa shape index (κ3) is 3.41. The van der Waals surface area contributed by atoms with Gasteiger partial charge in [0.25, 0.3) is 0 Å². The standard InChI is InChI=1S/C12H18N4O/c1-8-7-15-9(2)11(16-8)13-5-6-14-12(17)10-3-4-10/h7,10H,3-6H2,1-2H3,(H,13,16)(H,14,17). The normalized spacial score (nSPS) is 14.5. The highest BCUT2D eigenvalue weighted by Gasteiger charge is 2.28. The first-order valence-electron chi connectivity index (χ1n) is 5.98. The average Bonchev–Trinajstić information content (AvgIpc) is 3.12. The first kappa shape index (κ1) is 11.8. The van der Waals surface area contributed by atoms with Gasteiger partial charge in [0, 0.05) is 25.2 Å². The van der Waals surface area contributed by atoms with Gasteiger partial charge in [-0.15, -0.1) is 0 Å². The van der Waals surface area contributed by atoms with Crippen LogP contribution in [-0.2, 0) is 4.79 Å². The highest BCUT2D eigenvalue weighted by Crippen LogP contribution is 2.28. The molecule has 1 fully saturated rings. The quantitative estimate of drug-likeness (QED) is 0.747. The van der Waals surface area contributed by atoms with E-state index in [-0.39, 0.29) is 11.8 Å². The number of aryl methyl sites for hydroxylation is 2. The second-order valence-corrected chi connectivity index (χ2v) is 4.44. The molecule has 0 bridgehead atoms. The van der Waals surface area contributed by atoms with Crippen molar-refractivity contribution in [2.45, 2.75) is 26.7 Å². The minimum Gasteiger partial charge on any atom is -0.367 e. The minimum atomic E-state index is 0.179. The van der Waals surface area contributed by atoms with Gasteiger partial charge in [-0.2, -0.15) is 0 Å². The van der Waals surface area contributed by atoms with E-state index < -0.39 is 0 Å². The van der Waals surface area contributed by atoms with E-state index in [0.29, 0.717) is 13.1 Å². The van der Waals surface area contributed by atoms with E-state index in [2.05, 4.69) is 20.6 Å². The molecule has 1 heterocycles. The molecule has 1 aromatic heterocycles. The fourth-order valence-corrected chi connectivity index (χ4v) is 1.56. The summed E-state index contributed by atoms with van der Waals surface area (Å²) in [6.07, 6.45) is 3.83. The summed E-state index contributed by atoms with van der Waals surface area (Å²) in [4.78, 5) is 19.9. The van der Waals surface area contributed by atoms with E-state index in [1.807, 2.05) is 13.8 Å². The predicted octanol–water partition coefficient (Wildman–Crippen LogP) is 1.03. The van der Waals surface area contributed by atoms with Crippen molar-refractivity contribution in [2.75, 3.05) is 18.4 Å². The number of amides is 1. The largest absolute Gasteiger partial charge is 0.367 e. The second-order valence-electron chi connectivity index (χ2n) is 4.44. The van der Waals surface area contributed by atoms with E-state index in [4.69, 9.17) is 0 Å². The molecule has 1 aromatic rings. The van der Waals surface area contributed by atoms with Crippen LogP contribution in [0.15, 0.2) is 6.20 Å². The predicted molar refractivity (Wildman–Crippen MR) is 65.7 cm³/mol. The lowest BCUT2D eigenvalue weighted by atomic mass is 10.4. The fourth-order valence-electron chi connectivity index (χ4n) is 1.56. The zero-order valence-corrected chi connectivity index (χ0v) is 10.3. The zero-order valence-electron chi connectivity index (χ0n) is 10.3. The average molecular weight is 234 g/mol. The van der Waals surface area contributed by atoms with Gasteiger partial charge in [-0.25, -0.2) is 4.98 Å². The molecular weight excluding hydrogens is 216 g/mol. The van der Waals surface area contributed by atoms with Crippen molar-refractivity contribution in [1.82, 2.24) is 15.3 Å². The van der Waals surface area contributed by atoms with E-state index in [0.717, 1.165) is 30.0 Å². The van der Waals surface area contributed by atoms with Gasteiger partial charge in [-0.3, -0.25) is 9.78 Å². The summed E-state index contributed by atoms with van der Waals surface area (Å²) in [5, 5.41) is 6.08. The number of rotatable bonds is 5. The van der Waals surface area contributed by atoms with Crippen molar-refractivity contribution in [3.8, 4) is 0 Å². The Morgan fingerprint density at radius 1 is 1.41 bits per heavy atom. The topological polar surface area (TPSA) is 66.9 Å². The highest BCUT2D eigenvalue weighted by molar-refractivity contribution is 5.80. The second kappa shape index (κ2) is 5.12. The molecule has 0 unspecified atom stereocenters. The molecule has 2 rings (SSSR count). The number of aromatic nitrogens is 2. The van der Waals surface area contributed by atoms with Crippen LogP contribution in [0.25, 0.3) is 0 Å². The summed E-state index contributed by atoms with van der Waals surface area (Å²) in [5.74, 6) is 1.25. The number of anilines is 1. The zero-order chi connectivity index (χ0) is 12.3. The van der Waals surface area contributed by atoms with Crippen LogP contribution in [0.2, 0.25) is 0 Å². The first-order chi connectivity index (χ1) is 8.16. The molecule has 0 aliphatic heterocycles. The van der Waals surface area contributed by atoms with Gasteiger partial charge in [0.05, 0.1) is 11.4 Å². The third-order valence-electron chi connectivity index (χ3n) is 2.74. The summed E-state index contributed by atoms with van der Waals surface area (Å²) in [6, 6.07) is 0. The van der Waals surface area contributed by atoms with Crippen LogP contribution in [0.5, 0.6) is 0 Å². The summed E-state index contributed by atoms with van der Waals surface area (Å²) in [5.41, 5.74) is 1.77. The molecule has 0 spiro atoms. The van der Waals surface area contributed by atoms with Crippen LogP contribution in [0.3, 0.4) is 0 Å². The Kier molecular flexibility index (Phi) is 3.56. The van der Waals surface area contributed by atoms with Crippen LogP contribution in [0.4, 0.5) is 5.82 Å². The van der Waals surface area contributed by atoms with E-state index >= 15 is 0 Å². The molecule has 5 nitrogen and oxygen atoms in total. The van der Waals surface area contributed by atoms with Crippen molar-refractivity contribution in [3.63, 3.8) is 0 Å². The highest BCUT2D eigenvalue weighted by atomic mass is 16.2. The number of carbonyl (C=O) groups is 1. The van der Waals surface area contributed by atoms with Crippen LogP contribution < -0.4 is 10.6 Å².